The van der Waals surface area contributed by atoms with Crippen molar-refractivity contribution in [2.45, 2.75) is 20.8 Å². The molecule has 1 aromatic carbocycles. The van der Waals surface area contributed by atoms with Gasteiger partial charge in [0.2, 0.25) is 0 Å². The van der Waals surface area contributed by atoms with Crippen molar-refractivity contribution < 1.29 is 4.39 Å². The van der Waals surface area contributed by atoms with E-state index < -0.39 is 0 Å². The van der Waals surface area contributed by atoms with Gasteiger partial charge >= 0.3 is 0 Å². The van der Waals surface area contributed by atoms with Crippen molar-refractivity contribution in [3.05, 3.63) is 29.0 Å². The van der Waals surface area contributed by atoms with Gasteiger partial charge in [-0.3, -0.25) is 0 Å². The summed E-state index contributed by atoms with van der Waals surface area (Å²) in [7, 11) is 0. The van der Waals surface area contributed by atoms with Crippen LogP contribution in [0.2, 0.25) is 5.02 Å². The molecule has 0 heterocycles. The Balaban J connectivity index is 2.73. The third-order valence-electron chi connectivity index (χ3n) is 1.76. The van der Waals surface area contributed by atoms with E-state index in [-0.39, 0.29) is 16.3 Å². The minimum absolute atomic E-state index is 0.120. The van der Waals surface area contributed by atoms with E-state index in [1.54, 1.807) is 18.2 Å². The number of halogens is 2. The van der Waals surface area contributed by atoms with Crippen LogP contribution in [0.1, 0.15) is 20.8 Å². The first-order chi connectivity index (χ1) is 6.40. The van der Waals surface area contributed by atoms with Crippen molar-refractivity contribution in [1.29, 1.82) is 0 Å². The van der Waals surface area contributed by atoms with Gasteiger partial charge in [0.05, 0.1) is 10.7 Å². The molecule has 1 aromatic rings. The smallest absolute Gasteiger partial charge is 0.164 e. The Labute approximate surface area is 89.3 Å². The number of hydrogen-bond donors (Lipinski definition) is 1. The highest BCUT2D eigenvalue weighted by Gasteiger charge is 2.11. The van der Waals surface area contributed by atoms with Crippen LogP contribution in [0.25, 0.3) is 0 Å². The van der Waals surface area contributed by atoms with Crippen molar-refractivity contribution in [2.24, 2.45) is 5.41 Å². The fourth-order valence-electron chi connectivity index (χ4n) is 1.00. The Hall–Kier alpha value is -0.760. The van der Waals surface area contributed by atoms with E-state index >= 15 is 0 Å². The molecule has 14 heavy (non-hydrogen) atoms. The molecular formula is C11H15ClFN. The molecule has 0 saturated carbocycles. The second kappa shape index (κ2) is 4.18. The number of nitrogens with one attached hydrogen (secondary N) is 1. The van der Waals surface area contributed by atoms with Crippen molar-refractivity contribution in [2.75, 3.05) is 11.9 Å². The molecule has 0 bridgehead atoms. The predicted octanol–water partition coefficient (Wildman–Crippen LogP) is 3.94. The van der Waals surface area contributed by atoms with E-state index in [1.807, 2.05) is 0 Å². The standard InChI is InChI=1S/C11H15ClFN/c1-11(2,3)7-14-9-6-4-5-8(12)10(9)13/h4-6,14H,7H2,1-3H3. The molecule has 1 N–H and O–H groups in total. The van der Waals surface area contributed by atoms with E-state index in [4.69, 9.17) is 11.6 Å². The fourth-order valence-corrected chi connectivity index (χ4v) is 1.18. The van der Waals surface area contributed by atoms with Crippen molar-refractivity contribution in [1.82, 2.24) is 0 Å². The van der Waals surface area contributed by atoms with Gasteiger partial charge in [-0.1, -0.05) is 38.4 Å². The molecule has 0 atom stereocenters. The van der Waals surface area contributed by atoms with Crippen LogP contribution in [0.15, 0.2) is 18.2 Å². The first-order valence-electron chi connectivity index (χ1n) is 4.58. The maximum atomic E-state index is 13.4. The van der Waals surface area contributed by atoms with Gasteiger partial charge in [-0.15, -0.1) is 0 Å². The molecule has 0 radical (unpaired) electrons. The van der Waals surface area contributed by atoms with Crippen molar-refractivity contribution in [3.63, 3.8) is 0 Å². The molecule has 0 unspecified atom stereocenters. The molecule has 0 aliphatic heterocycles. The highest BCUT2D eigenvalue weighted by atomic mass is 35.5. The van der Waals surface area contributed by atoms with Crippen LogP contribution in [-0.2, 0) is 0 Å². The molecule has 1 nitrogen and oxygen atoms in total. The SMILES string of the molecule is CC(C)(C)CNc1cccc(Cl)c1F. The number of benzene rings is 1. The van der Waals surface area contributed by atoms with E-state index in [1.165, 1.54) is 0 Å². The van der Waals surface area contributed by atoms with Gasteiger partial charge in [0, 0.05) is 6.54 Å². The molecule has 0 amide bonds. The summed E-state index contributed by atoms with van der Waals surface area (Å²) in [5, 5.41) is 3.19. The van der Waals surface area contributed by atoms with Gasteiger partial charge in [-0.25, -0.2) is 4.39 Å². The summed E-state index contributed by atoms with van der Waals surface area (Å²) < 4.78 is 13.4. The minimum atomic E-state index is -0.376. The van der Waals surface area contributed by atoms with E-state index in [9.17, 15) is 4.39 Å². The first kappa shape index (κ1) is 11.3. The Morgan fingerprint density at radius 2 is 2.00 bits per heavy atom. The van der Waals surface area contributed by atoms with Crippen LogP contribution < -0.4 is 5.32 Å². The summed E-state index contributed by atoms with van der Waals surface area (Å²) in [4.78, 5) is 0. The summed E-state index contributed by atoms with van der Waals surface area (Å²) in [6.07, 6.45) is 0. The average molecular weight is 216 g/mol. The summed E-state index contributed by atoms with van der Waals surface area (Å²) >= 11 is 5.65. The lowest BCUT2D eigenvalue weighted by Crippen LogP contribution is -2.19. The number of anilines is 1. The topological polar surface area (TPSA) is 12.0 Å². The Kier molecular flexibility index (Phi) is 3.38. The highest BCUT2D eigenvalue weighted by molar-refractivity contribution is 6.31. The monoisotopic (exact) mass is 215 g/mol. The summed E-state index contributed by atoms with van der Waals surface area (Å²) in [5.41, 5.74) is 0.585. The fraction of sp³-hybridized carbons (Fsp3) is 0.455. The van der Waals surface area contributed by atoms with Gasteiger partial charge in [0.25, 0.3) is 0 Å². The lowest BCUT2D eigenvalue weighted by Gasteiger charge is -2.20. The molecular weight excluding hydrogens is 201 g/mol. The van der Waals surface area contributed by atoms with Crippen LogP contribution in [-0.4, -0.2) is 6.54 Å². The van der Waals surface area contributed by atoms with Crippen molar-refractivity contribution >= 4 is 17.3 Å². The Bertz CT molecular complexity index is 318. The van der Waals surface area contributed by atoms with Crippen LogP contribution in [0.3, 0.4) is 0 Å². The summed E-state index contributed by atoms with van der Waals surface area (Å²) in [6.45, 7) is 6.97. The second-order valence-corrected chi connectivity index (χ2v) is 4.92. The maximum Gasteiger partial charge on any atom is 0.164 e. The van der Waals surface area contributed by atoms with Gasteiger partial charge in [-0.2, -0.15) is 0 Å². The normalized spacial score (nSPS) is 11.5. The molecule has 0 aliphatic rings. The van der Waals surface area contributed by atoms with E-state index in [2.05, 4.69) is 26.1 Å². The largest absolute Gasteiger partial charge is 0.382 e. The summed E-state index contributed by atoms with van der Waals surface area (Å²) in [6, 6.07) is 4.96. The molecule has 0 aliphatic carbocycles. The van der Waals surface area contributed by atoms with Gasteiger partial charge in [-0.05, 0) is 17.5 Å². The predicted molar refractivity (Wildman–Crippen MR) is 59.4 cm³/mol. The molecule has 78 valence electrons. The van der Waals surface area contributed by atoms with Crippen LogP contribution in [0.5, 0.6) is 0 Å². The third-order valence-corrected chi connectivity index (χ3v) is 2.05. The summed E-state index contributed by atoms with van der Waals surface area (Å²) in [5.74, 6) is -0.376. The molecule has 3 heteroatoms. The number of hydrogen-bond acceptors (Lipinski definition) is 1. The highest BCUT2D eigenvalue weighted by Crippen LogP contribution is 2.23. The van der Waals surface area contributed by atoms with Gasteiger partial charge in [0.15, 0.2) is 5.82 Å². The Morgan fingerprint density at radius 1 is 1.36 bits per heavy atom. The Morgan fingerprint density at radius 3 is 2.57 bits per heavy atom. The lowest BCUT2D eigenvalue weighted by molar-refractivity contribution is 0.442. The third kappa shape index (κ3) is 3.18. The zero-order valence-corrected chi connectivity index (χ0v) is 9.45. The van der Waals surface area contributed by atoms with Crippen LogP contribution in [0, 0.1) is 11.2 Å². The molecule has 0 saturated heterocycles. The quantitative estimate of drug-likeness (QED) is 0.788. The zero-order chi connectivity index (χ0) is 10.8. The van der Waals surface area contributed by atoms with Gasteiger partial charge < -0.3 is 5.32 Å². The first-order valence-corrected chi connectivity index (χ1v) is 4.96. The number of rotatable bonds is 2. The maximum absolute atomic E-state index is 13.4. The van der Waals surface area contributed by atoms with Gasteiger partial charge in [0.1, 0.15) is 0 Å². The zero-order valence-electron chi connectivity index (χ0n) is 8.70. The molecule has 0 fully saturated rings. The van der Waals surface area contributed by atoms with E-state index in [0.717, 1.165) is 0 Å². The molecule has 0 spiro atoms. The lowest BCUT2D eigenvalue weighted by atomic mass is 9.97. The molecule has 1 rings (SSSR count). The molecule has 0 aromatic heterocycles. The van der Waals surface area contributed by atoms with E-state index in [0.29, 0.717) is 12.2 Å². The van der Waals surface area contributed by atoms with Crippen LogP contribution in [0.4, 0.5) is 10.1 Å². The minimum Gasteiger partial charge on any atom is -0.382 e. The average Bonchev–Trinajstić information content (AvgIpc) is 2.06. The second-order valence-electron chi connectivity index (χ2n) is 4.52. The van der Waals surface area contributed by atoms with Crippen LogP contribution >= 0.6 is 11.6 Å². The van der Waals surface area contributed by atoms with Crippen molar-refractivity contribution in [3.8, 4) is 0 Å².